The molecular formula is C30H40N4O3. The van der Waals surface area contributed by atoms with E-state index in [9.17, 15) is 9.59 Å². The Kier molecular flexibility index (Phi) is 8.11. The fourth-order valence-corrected chi connectivity index (χ4v) is 5.98. The normalized spacial score (nSPS) is 26.1. The zero-order valence-electron chi connectivity index (χ0n) is 21.9. The van der Waals surface area contributed by atoms with E-state index in [1.165, 1.54) is 18.4 Å². The van der Waals surface area contributed by atoms with E-state index < -0.39 is 6.04 Å². The second-order valence-corrected chi connectivity index (χ2v) is 10.9. The lowest BCUT2D eigenvalue weighted by atomic mass is 9.90. The second-order valence-electron chi connectivity index (χ2n) is 10.9. The van der Waals surface area contributed by atoms with Crippen molar-refractivity contribution in [3.63, 3.8) is 0 Å². The molecule has 0 radical (unpaired) electrons. The molecule has 2 aromatic rings. The number of nitrogens with two attached hydrogens (primary N) is 1. The first kappa shape index (κ1) is 25.7. The first-order valence-electron chi connectivity index (χ1n) is 13.8. The number of nitrogens with zero attached hydrogens (tertiary/aromatic N) is 2. The Hall–Kier alpha value is -2.90. The molecular weight excluding hydrogens is 464 g/mol. The number of hydrogen-bond donors (Lipinski definition) is 2. The Morgan fingerprint density at radius 1 is 0.973 bits per heavy atom. The van der Waals surface area contributed by atoms with Gasteiger partial charge in [0.15, 0.2) is 0 Å². The lowest BCUT2D eigenvalue weighted by molar-refractivity contribution is -0.128. The number of carbonyl (C=O) groups excluding carboxylic acids is 2. The lowest BCUT2D eigenvalue weighted by Gasteiger charge is -2.43. The summed E-state index contributed by atoms with van der Waals surface area (Å²) >= 11 is 0. The van der Waals surface area contributed by atoms with E-state index in [0.717, 1.165) is 38.6 Å². The van der Waals surface area contributed by atoms with Crippen molar-refractivity contribution in [3.8, 4) is 5.75 Å². The number of rotatable bonds is 8. The van der Waals surface area contributed by atoms with E-state index in [2.05, 4.69) is 34.5 Å². The Balaban J connectivity index is 1.35. The van der Waals surface area contributed by atoms with Crippen molar-refractivity contribution >= 4 is 11.8 Å². The summed E-state index contributed by atoms with van der Waals surface area (Å²) < 4.78 is 5.35. The molecule has 0 bridgehead atoms. The Morgan fingerprint density at radius 3 is 2.43 bits per heavy atom. The SMILES string of the molecule is COc1cccc(C(=O)N2CCC(N(Cc3ccccc3)C3CC3)C[C@@H]2C(=O)NC2CCC(N)CC2)c1. The molecule has 2 aliphatic carbocycles. The number of methoxy groups -OCH3 is 1. The summed E-state index contributed by atoms with van der Waals surface area (Å²) in [6, 6.07) is 18.5. The van der Waals surface area contributed by atoms with E-state index in [4.69, 9.17) is 10.5 Å². The zero-order valence-corrected chi connectivity index (χ0v) is 21.9. The molecule has 1 saturated heterocycles. The Morgan fingerprint density at radius 2 is 1.73 bits per heavy atom. The monoisotopic (exact) mass is 504 g/mol. The number of nitrogens with one attached hydrogen (secondary N) is 1. The fourth-order valence-electron chi connectivity index (χ4n) is 5.98. The molecule has 5 rings (SSSR count). The largest absolute Gasteiger partial charge is 0.497 e. The van der Waals surface area contributed by atoms with Crippen molar-refractivity contribution in [1.82, 2.24) is 15.1 Å². The quantitative estimate of drug-likeness (QED) is 0.572. The van der Waals surface area contributed by atoms with Crippen molar-refractivity contribution in [2.75, 3.05) is 13.7 Å². The standard InChI is InChI=1S/C30H40N4O3/c1-37-27-9-5-8-22(18-27)30(36)33-17-16-26(34(25-14-15-25)20-21-6-3-2-4-7-21)19-28(33)29(35)32-24-12-10-23(31)11-13-24/h2-9,18,23-26,28H,10-17,19-20,31H2,1H3,(H,32,35)/t23?,24?,26?,28-/m1/s1. The van der Waals surface area contributed by atoms with Crippen LogP contribution in [0.4, 0.5) is 0 Å². The van der Waals surface area contributed by atoms with Gasteiger partial charge in [0.2, 0.25) is 5.91 Å². The minimum atomic E-state index is -0.495. The first-order valence-corrected chi connectivity index (χ1v) is 13.8. The Bertz CT molecular complexity index is 1070. The summed E-state index contributed by atoms with van der Waals surface area (Å²) in [5, 5.41) is 3.29. The van der Waals surface area contributed by atoms with Crippen molar-refractivity contribution in [2.45, 2.75) is 88.1 Å². The number of ether oxygens (including phenoxy) is 1. The molecule has 3 aliphatic rings. The maximum absolute atomic E-state index is 13.7. The molecule has 2 atom stereocenters. The number of benzene rings is 2. The molecule has 0 spiro atoms. The molecule has 3 fully saturated rings. The maximum atomic E-state index is 13.7. The molecule has 37 heavy (non-hydrogen) atoms. The lowest BCUT2D eigenvalue weighted by Crippen LogP contribution is -2.58. The van der Waals surface area contributed by atoms with Crippen LogP contribution in [-0.4, -0.2) is 65.5 Å². The van der Waals surface area contributed by atoms with Gasteiger partial charge in [-0.3, -0.25) is 14.5 Å². The van der Waals surface area contributed by atoms with Gasteiger partial charge < -0.3 is 20.7 Å². The minimum absolute atomic E-state index is 0.0307. The van der Waals surface area contributed by atoms with Gasteiger partial charge in [-0.05, 0) is 75.1 Å². The predicted octanol–water partition coefficient (Wildman–Crippen LogP) is 3.72. The molecule has 2 saturated carbocycles. The third-order valence-corrected chi connectivity index (χ3v) is 8.27. The van der Waals surface area contributed by atoms with Crippen molar-refractivity contribution in [1.29, 1.82) is 0 Å². The molecule has 7 heteroatoms. The molecule has 1 aliphatic heterocycles. The van der Waals surface area contributed by atoms with Gasteiger partial charge in [0.25, 0.3) is 5.91 Å². The van der Waals surface area contributed by atoms with E-state index in [1.807, 2.05) is 18.2 Å². The van der Waals surface area contributed by atoms with Gasteiger partial charge in [-0.15, -0.1) is 0 Å². The van der Waals surface area contributed by atoms with Crippen LogP contribution in [0.15, 0.2) is 54.6 Å². The minimum Gasteiger partial charge on any atom is -0.497 e. The molecule has 7 nitrogen and oxygen atoms in total. The summed E-state index contributed by atoms with van der Waals surface area (Å²) in [7, 11) is 1.60. The van der Waals surface area contributed by atoms with Crippen LogP contribution in [0.5, 0.6) is 5.75 Å². The fraction of sp³-hybridized carbons (Fsp3) is 0.533. The smallest absolute Gasteiger partial charge is 0.254 e. The van der Waals surface area contributed by atoms with Gasteiger partial charge in [0, 0.05) is 42.8 Å². The van der Waals surface area contributed by atoms with Crippen LogP contribution in [0.25, 0.3) is 0 Å². The summed E-state index contributed by atoms with van der Waals surface area (Å²) in [5.74, 6) is 0.504. The summed E-state index contributed by atoms with van der Waals surface area (Å²) in [6.45, 7) is 1.45. The summed E-state index contributed by atoms with van der Waals surface area (Å²) in [5.41, 5.74) is 7.94. The number of amides is 2. The molecule has 198 valence electrons. The third-order valence-electron chi connectivity index (χ3n) is 8.27. The van der Waals surface area contributed by atoms with Gasteiger partial charge in [-0.1, -0.05) is 36.4 Å². The average Bonchev–Trinajstić information content (AvgIpc) is 3.78. The Labute approximate surface area is 220 Å². The molecule has 2 aromatic carbocycles. The van der Waals surface area contributed by atoms with Crippen molar-refractivity contribution < 1.29 is 14.3 Å². The maximum Gasteiger partial charge on any atom is 0.254 e. The van der Waals surface area contributed by atoms with E-state index >= 15 is 0 Å². The molecule has 0 aromatic heterocycles. The topological polar surface area (TPSA) is 87.9 Å². The highest BCUT2D eigenvalue weighted by Crippen LogP contribution is 2.35. The number of carbonyl (C=O) groups is 2. The van der Waals surface area contributed by atoms with Gasteiger partial charge in [-0.2, -0.15) is 0 Å². The van der Waals surface area contributed by atoms with E-state index in [1.54, 1.807) is 24.1 Å². The highest BCUT2D eigenvalue weighted by Gasteiger charge is 2.42. The van der Waals surface area contributed by atoms with Gasteiger partial charge in [0.1, 0.15) is 11.8 Å². The van der Waals surface area contributed by atoms with Crippen LogP contribution in [0.3, 0.4) is 0 Å². The number of likely N-dealkylation sites (tertiary alicyclic amines) is 1. The average molecular weight is 505 g/mol. The molecule has 3 N–H and O–H groups in total. The van der Waals surface area contributed by atoms with Gasteiger partial charge >= 0.3 is 0 Å². The summed E-state index contributed by atoms with van der Waals surface area (Å²) in [6.07, 6.45) is 7.57. The number of piperidine rings is 1. The van der Waals surface area contributed by atoms with E-state index in [0.29, 0.717) is 30.3 Å². The number of hydrogen-bond acceptors (Lipinski definition) is 5. The van der Waals surface area contributed by atoms with Crippen LogP contribution in [0.2, 0.25) is 0 Å². The van der Waals surface area contributed by atoms with Gasteiger partial charge in [0.05, 0.1) is 7.11 Å². The highest BCUT2D eigenvalue weighted by atomic mass is 16.5. The van der Waals surface area contributed by atoms with Crippen LogP contribution >= 0.6 is 0 Å². The van der Waals surface area contributed by atoms with Crippen LogP contribution in [0, 0.1) is 0 Å². The van der Waals surface area contributed by atoms with Gasteiger partial charge in [-0.25, -0.2) is 0 Å². The first-order chi connectivity index (χ1) is 18.0. The second kappa shape index (κ2) is 11.7. The zero-order chi connectivity index (χ0) is 25.8. The van der Waals surface area contributed by atoms with Crippen LogP contribution < -0.4 is 15.8 Å². The highest BCUT2D eigenvalue weighted by molar-refractivity contribution is 5.98. The van der Waals surface area contributed by atoms with Crippen molar-refractivity contribution in [3.05, 3.63) is 65.7 Å². The third kappa shape index (κ3) is 6.33. The van der Waals surface area contributed by atoms with Crippen LogP contribution in [-0.2, 0) is 11.3 Å². The van der Waals surface area contributed by atoms with E-state index in [-0.39, 0.29) is 29.9 Å². The van der Waals surface area contributed by atoms with Crippen molar-refractivity contribution in [2.24, 2.45) is 5.73 Å². The molecule has 1 heterocycles. The summed E-state index contributed by atoms with van der Waals surface area (Å²) in [4.78, 5) is 31.8. The molecule has 2 amide bonds. The van der Waals surface area contributed by atoms with Crippen LogP contribution in [0.1, 0.15) is 67.3 Å². The molecule has 1 unspecified atom stereocenters. The predicted molar refractivity (Wildman–Crippen MR) is 144 cm³/mol.